The monoisotopic (exact) mass is 188 g/mol. The topological polar surface area (TPSA) is 24.5 Å². The molecule has 0 unspecified atom stereocenters. The van der Waals surface area contributed by atoms with Crippen molar-refractivity contribution in [1.82, 2.24) is 10.2 Å². The lowest BCUT2D eigenvalue weighted by molar-refractivity contribution is -0.0151. The number of morpholine rings is 1. The lowest BCUT2D eigenvalue weighted by atomic mass is 10.0. The predicted octanol–water partition coefficient (Wildman–Crippen LogP) is 0.601. The van der Waals surface area contributed by atoms with E-state index in [-0.39, 0.29) is 5.54 Å². The van der Waals surface area contributed by atoms with Crippen LogP contribution >= 0.6 is 12.2 Å². The molecule has 0 radical (unpaired) electrons. The van der Waals surface area contributed by atoms with Crippen molar-refractivity contribution in [2.24, 2.45) is 0 Å². The molecule has 1 rings (SSSR count). The minimum Gasteiger partial charge on any atom is -0.377 e. The largest absolute Gasteiger partial charge is 0.377 e. The molecule has 0 amide bonds. The maximum absolute atomic E-state index is 5.38. The fraction of sp³-hybridized carbons (Fsp3) is 0.875. The molecule has 1 aliphatic rings. The van der Waals surface area contributed by atoms with Crippen molar-refractivity contribution in [3.63, 3.8) is 0 Å². The van der Waals surface area contributed by atoms with Gasteiger partial charge in [-0.2, -0.15) is 0 Å². The molecule has 0 aromatic heterocycles. The van der Waals surface area contributed by atoms with E-state index in [1.165, 1.54) is 0 Å². The Morgan fingerprint density at radius 3 is 2.75 bits per heavy atom. The standard InChI is InChI=1S/C8H16N2OS/c1-8(2)6-11-5-4-10(8)7(12)9-3/h4-6H2,1-3H3,(H,9,12). The summed E-state index contributed by atoms with van der Waals surface area (Å²) < 4.78 is 5.38. The Bertz CT molecular complexity index is 182. The van der Waals surface area contributed by atoms with Crippen LogP contribution in [0.5, 0.6) is 0 Å². The van der Waals surface area contributed by atoms with Gasteiger partial charge in [-0.05, 0) is 26.1 Å². The van der Waals surface area contributed by atoms with Gasteiger partial charge in [-0.1, -0.05) is 0 Å². The fourth-order valence-corrected chi connectivity index (χ4v) is 1.71. The Kier molecular flexibility index (Phi) is 2.90. The minimum absolute atomic E-state index is 0.0261. The SMILES string of the molecule is CNC(=S)N1CCOCC1(C)C. The van der Waals surface area contributed by atoms with E-state index >= 15 is 0 Å². The van der Waals surface area contributed by atoms with Crippen LogP contribution in [0.3, 0.4) is 0 Å². The number of thiocarbonyl (C=S) groups is 1. The second-order valence-corrected chi connectivity index (χ2v) is 3.96. The molecule has 0 bridgehead atoms. The number of rotatable bonds is 0. The lowest BCUT2D eigenvalue weighted by Crippen LogP contribution is -2.57. The molecule has 4 heteroatoms. The highest BCUT2D eigenvalue weighted by molar-refractivity contribution is 7.80. The summed E-state index contributed by atoms with van der Waals surface area (Å²) in [6.45, 7) is 6.67. The van der Waals surface area contributed by atoms with Crippen LogP contribution in [0.15, 0.2) is 0 Å². The zero-order chi connectivity index (χ0) is 9.19. The van der Waals surface area contributed by atoms with E-state index in [4.69, 9.17) is 17.0 Å². The first-order valence-electron chi connectivity index (χ1n) is 4.15. The molecule has 0 aromatic rings. The van der Waals surface area contributed by atoms with Gasteiger partial charge in [0, 0.05) is 13.6 Å². The van der Waals surface area contributed by atoms with Crippen LogP contribution in [0.4, 0.5) is 0 Å². The second kappa shape index (κ2) is 3.58. The Hall–Kier alpha value is -0.350. The van der Waals surface area contributed by atoms with Gasteiger partial charge in [0.15, 0.2) is 5.11 Å². The Balaban J connectivity index is 2.66. The third-order valence-electron chi connectivity index (χ3n) is 2.10. The van der Waals surface area contributed by atoms with E-state index in [2.05, 4.69) is 24.1 Å². The highest BCUT2D eigenvalue weighted by atomic mass is 32.1. The fourth-order valence-electron chi connectivity index (χ4n) is 1.37. The van der Waals surface area contributed by atoms with E-state index in [1.807, 2.05) is 7.05 Å². The van der Waals surface area contributed by atoms with Crippen LogP contribution in [0.25, 0.3) is 0 Å². The number of hydrogen-bond acceptors (Lipinski definition) is 2. The summed E-state index contributed by atoms with van der Waals surface area (Å²) in [6, 6.07) is 0. The molecule has 1 fully saturated rings. The van der Waals surface area contributed by atoms with Gasteiger partial charge in [0.1, 0.15) is 0 Å². The molecule has 1 aliphatic heterocycles. The third kappa shape index (κ3) is 1.87. The summed E-state index contributed by atoms with van der Waals surface area (Å²) in [7, 11) is 1.86. The van der Waals surface area contributed by atoms with E-state index in [1.54, 1.807) is 0 Å². The summed E-state index contributed by atoms with van der Waals surface area (Å²) in [5.74, 6) is 0. The van der Waals surface area contributed by atoms with Crippen molar-refractivity contribution < 1.29 is 4.74 Å². The van der Waals surface area contributed by atoms with Crippen LogP contribution in [0.1, 0.15) is 13.8 Å². The quantitative estimate of drug-likeness (QED) is 0.563. The first-order valence-corrected chi connectivity index (χ1v) is 4.56. The van der Waals surface area contributed by atoms with Gasteiger partial charge in [-0.3, -0.25) is 0 Å². The summed E-state index contributed by atoms with van der Waals surface area (Å²) in [6.07, 6.45) is 0. The normalized spacial score (nSPS) is 22.1. The molecule has 0 aromatic carbocycles. The molecule has 0 spiro atoms. The van der Waals surface area contributed by atoms with Crippen molar-refractivity contribution >= 4 is 17.3 Å². The van der Waals surface area contributed by atoms with E-state index < -0.39 is 0 Å². The maximum atomic E-state index is 5.38. The Morgan fingerprint density at radius 2 is 2.25 bits per heavy atom. The Labute approximate surface area is 79.1 Å². The molecule has 1 saturated heterocycles. The molecule has 1 N–H and O–H groups in total. The maximum Gasteiger partial charge on any atom is 0.169 e. The highest BCUT2D eigenvalue weighted by Gasteiger charge is 2.31. The van der Waals surface area contributed by atoms with E-state index in [0.717, 1.165) is 24.9 Å². The highest BCUT2D eigenvalue weighted by Crippen LogP contribution is 2.18. The van der Waals surface area contributed by atoms with Gasteiger partial charge >= 0.3 is 0 Å². The van der Waals surface area contributed by atoms with Crippen LogP contribution in [-0.2, 0) is 4.74 Å². The summed E-state index contributed by atoms with van der Waals surface area (Å²) in [5, 5.41) is 3.80. The van der Waals surface area contributed by atoms with Gasteiger partial charge in [-0.25, -0.2) is 0 Å². The number of nitrogens with one attached hydrogen (secondary N) is 1. The van der Waals surface area contributed by atoms with E-state index in [9.17, 15) is 0 Å². The summed E-state index contributed by atoms with van der Waals surface area (Å²) in [5.41, 5.74) is 0.0261. The van der Waals surface area contributed by atoms with Crippen molar-refractivity contribution in [2.75, 3.05) is 26.8 Å². The van der Waals surface area contributed by atoms with Gasteiger partial charge in [0.25, 0.3) is 0 Å². The number of nitrogens with zero attached hydrogens (tertiary/aromatic N) is 1. The van der Waals surface area contributed by atoms with Crippen LogP contribution in [-0.4, -0.2) is 42.4 Å². The molecule has 1 heterocycles. The van der Waals surface area contributed by atoms with E-state index in [0.29, 0.717) is 0 Å². The molecule has 70 valence electrons. The Morgan fingerprint density at radius 1 is 1.58 bits per heavy atom. The summed E-state index contributed by atoms with van der Waals surface area (Å²) in [4.78, 5) is 2.17. The van der Waals surface area contributed by atoms with Gasteiger partial charge in [0.05, 0.1) is 18.8 Å². The van der Waals surface area contributed by atoms with Crippen LogP contribution < -0.4 is 5.32 Å². The average molecular weight is 188 g/mol. The average Bonchev–Trinajstić information content (AvgIpc) is 2.02. The zero-order valence-corrected chi connectivity index (χ0v) is 8.70. The van der Waals surface area contributed by atoms with Crippen molar-refractivity contribution in [3.05, 3.63) is 0 Å². The zero-order valence-electron chi connectivity index (χ0n) is 7.89. The molecule has 0 saturated carbocycles. The first-order chi connectivity index (χ1) is 5.58. The molecular weight excluding hydrogens is 172 g/mol. The first kappa shape index (κ1) is 9.74. The van der Waals surface area contributed by atoms with Crippen molar-refractivity contribution in [2.45, 2.75) is 19.4 Å². The van der Waals surface area contributed by atoms with Gasteiger partial charge < -0.3 is 15.0 Å². The number of ether oxygens (including phenoxy) is 1. The van der Waals surface area contributed by atoms with Crippen molar-refractivity contribution in [1.29, 1.82) is 0 Å². The molecule has 0 atom stereocenters. The smallest absolute Gasteiger partial charge is 0.169 e. The van der Waals surface area contributed by atoms with Gasteiger partial charge in [0.2, 0.25) is 0 Å². The minimum atomic E-state index is 0.0261. The predicted molar refractivity (Wildman–Crippen MR) is 53.3 cm³/mol. The van der Waals surface area contributed by atoms with Gasteiger partial charge in [-0.15, -0.1) is 0 Å². The molecule has 12 heavy (non-hydrogen) atoms. The second-order valence-electron chi connectivity index (χ2n) is 3.57. The third-order valence-corrected chi connectivity index (χ3v) is 2.53. The number of hydrogen-bond donors (Lipinski definition) is 1. The molecular formula is C8H16N2OS. The summed E-state index contributed by atoms with van der Waals surface area (Å²) >= 11 is 5.18. The van der Waals surface area contributed by atoms with Crippen molar-refractivity contribution in [3.8, 4) is 0 Å². The lowest BCUT2D eigenvalue weighted by Gasteiger charge is -2.43. The molecule has 0 aliphatic carbocycles. The molecule has 3 nitrogen and oxygen atoms in total. The van der Waals surface area contributed by atoms with Crippen LogP contribution in [0.2, 0.25) is 0 Å². The van der Waals surface area contributed by atoms with Crippen LogP contribution in [0, 0.1) is 0 Å².